The van der Waals surface area contributed by atoms with Gasteiger partial charge in [0.1, 0.15) is 6.61 Å². The van der Waals surface area contributed by atoms with Crippen LogP contribution in [-0.4, -0.2) is 25.1 Å². The standard InChI is InChI=1S/C9H11FN2O3/c1-11-4-5-15-9-3-2-7(12(13)14)6-8(9)10/h2-3,6,11H,4-5H2,1H3. The molecule has 0 bridgehead atoms. The van der Waals surface area contributed by atoms with Crippen molar-refractivity contribution in [2.75, 3.05) is 20.2 Å². The van der Waals surface area contributed by atoms with Crippen molar-refractivity contribution in [3.63, 3.8) is 0 Å². The van der Waals surface area contributed by atoms with Crippen LogP contribution in [0.2, 0.25) is 0 Å². The van der Waals surface area contributed by atoms with Gasteiger partial charge in [0.2, 0.25) is 0 Å². The van der Waals surface area contributed by atoms with Gasteiger partial charge < -0.3 is 10.1 Å². The van der Waals surface area contributed by atoms with Crippen molar-refractivity contribution in [2.45, 2.75) is 0 Å². The minimum atomic E-state index is -0.722. The third-order valence-corrected chi connectivity index (χ3v) is 1.74. The smallest absolute Gasteiger partial charge is 0.272 e. The summed E-state index contributed by atoms with van der Waals surface area (Å²) in [5.41, 5.74) is -0.284. The second kappa shape index (κ2) is 5.26. The van der Waals surface area contributed by atoms with Crippen molar-refractivity contribution >= 4 is 5.69 Å². The Kier molecular flexibility index (Phi) is 3.99. The maximum Gasteiger partial charge on any atom is 0.272 e. The fourth-order valence-corrected chi connectivity index (χ4v) is 0.983. The van der Waals surface area contributed by atoms with Crippen LogP contribution in [0.5, 0.6) is 5.75 Å². The van der Waals surface area contributed by atoms with Crippen LogP contribution in [0.4, 0.5) is 10.1 Å². The Morgan fingerprint density at radius 1 is 1.60 bits per heavy atom. The zero-order valence-electron chi connectivity index (χ0n) is 8.20. The topological polar surface area (TPSA) is 64.4 Å². The molecule has 0 aliphatic heterocycles. The number of ether oxygens (including phenoxy) is 1. The Balaban J connectivity index is 2.70. The maximum atomic E-state index is 13.2. The van der Waals surface area contributed by atoms with Crippen molar-refractivity contribution in [2.24, 2.45) is 0 Å². The van der Waals surface area contributed by atoms with E-state index in [9.17, 15) is 14.5 Å². The molecule has 0 spiro atoms. The first-order valence-corrected chi connectivity index (χ1v) is 4.36. The van der Waals surface area contributed by atoms with E-state index in [-0.39, 0.29) is 11.4 Å². The maximum absolute atomic E-state index is 13.2. The molecule has 1 aromatic rings. The van der Waals surface area contributed by atoms with E-state index in [0.717, 1.165) is 6.07 Å². The summed E-state index contributed by atoms with van der Waals surface area (Å²) in [6.07, 6.45) is 0. The van der Waals surface area contributed by atoms with Crippen molar-refractivity contribution in [3.8, 4) is 5.75 Å². The molecule has 0 heterocycles. The molecule has 0 atom stereocenters. The van der Waals surface area contributed by atoms with Crippen LogP contribution in [0.15, 0.2) is 18.2 Å². The van der Waals surface area contributed by atoms with E-state index in [1.54, 1.807) is 7.05 Å². The summed E-state index contributed by atoms with van der Waals surface area (Å²) in [4.78, 5) is 9.66. The molecular weight excluding hydrogens is 203 g/mol. The first-order valence-electron chi connectivity index (χ1n) is 4.36. The van der Waals surface area contributed by atoms with Gasteiger partial charge in [0.15, 0.2) is 11.6 Å². The molecule has 0 radical (unpaired) electrons. The van der Waals surface area contributed by atoms with Crippen LogP contribution in [-0.2, 0) is 0 Å². The Hall–Kier alpha value is -1.69. The molecular formula is C9H11FN2O3. The third kappa shape index (κ3) is 3.17. The summed E-state index contributed by atoms with van der Waals surface area (Å²) >= 11 is 0. The molecule has 0 saturated heterocycles. The molecule has 6 heteroatoms. The average molecular weight is 214 g/mol. The third-order valence-electron chi connectivity index (χ3n) is 1.74. The SMILES string of the molecule is CNCCOc1ccc([N+](=O)[O-])cc1F. The average Bonchev–Trinajstić information content (AvgIpc) is 2.20. The van der Waals surface area contributed by atoms with Crippen LogP contribution in [0.25, 0.3) is 0 Å². The minimum Gasteiger partial charge on any atom is -0.489 e. The Labute approximate surface area is 86.0 Å². The molecule has 1 rings (SSSR count). The number of hydrogen-bond donors (Lipinski definition) is 1. The molecule has 1 N–H and O–H groups in total. The largest absolute Gasteiger partial charge is 0.489 e. The lowest BCUT2D eigenvalue weighted by Gasteiger charge is -2.05. The van der Waals surface area contributed by atoms with Crippen molar-refractivity contribution in [1.82, 2.24) is 5.32 Å². The minimum absolute atomic E-state index is 0.0239. The van der Waals surface area contributed by atoms with E-state index in [4.69, 9.17) is 4.74 Å². The number of non-ortho nitro benzene ring substituents is 1. The summed E-state index contributed by atoms with van der Waals surface area (Å²) in [5.74, 6) is -0.698. The lowest BCUT2D eigenvalue weighted by atomic mass is 10.3. The van der Waals surface area contributed by atoms with E-state index in [0.29, 0.717) is 13.2 Å². The van der Waals surface area contributed by atoms with Gasteiger partial charge in [0, 0.05) is 12.6 Å². The lowest BCUT2D eigenvalue weighted by Crippen LogP contribution is -2.16. The fraction of sp³-hybridized carbons (Fsp3) is 0.333. The zero-order chi connectivity index (χ0) is 11.3. The highest BCUT2D eigenvalue weighted by molar-refractivity contribution is 5.37. The van der Waals surface area contributed by atoms with Gasteiger partial charge in [0.05, 0.1) is 11.0 Å². The second-order valence-electron chi connectivity index (χ2n) is 2.82. The Morgan fingerprint density at radius 2 is 2.33 bits per heavy atom. The molecule has 0 aromatic heterocycles. The van der Waals surface area contributed by atoms with E-state index >= 15 is 0 Å². The summed E-state index contributed by atoms with van der Waals surface area (Å²) < 4.78 is 18.2. The number of nitrogens with zero attached hydrogens (tertiary/aromatic N) is 1. The van der Waals surface area contributed by atoms with Crippen LogP contribution < -0.4 is 10.1 Å². The number of rotatable bonds is 5. The van der Waals surface area contributed by atoms with Gasteiger partial charge in [-0.2, -0.15) is 0 Å². The lowest BCUT2D eigenvalue weighted by molar-refractivity contribution is -0.385. The first kappa shape index (κ1) is 11.4. The molecule has 15 heavy (non-hydrogen) atoms. The molecule has 0 unspecified atom stereocenters. The van der Waals surface area contributed by atoms with Gasteiger partial charge in [-0.25, -0.2) is 4.39 Å². The number of benzene rings is 1. The highest BCUT2D eigenvalue weighted by Gasteiger charge is 2.10. The molecule has 1 aromatic carbocycles. The van der Waals surface area contributed by atoms with Crippen molar-refractivity contribution < 1.29 is 14.1 Å². The summed E-state index contributed by atoms with van der Waals surface area (Å²) in [6.45, 7) is 0.891. The van der Waals surface area contributed by atoms with Crippen LogP contribution >= 0.6 is 0 Å². The summed E-state index contributed by atoms with van der Waals surface area (Å²) in [5, 5.41) is 13.1. The van der Waals surface area contributed by atoms with E-state index in [2.05, 4.69) is 5.32 Å². The molecule has 0 aliphatic carbocycles. The molecule has 5 nitrogen and oxygen atoms in total. The predicted molar refractivity (Wildman–Crippen MR) is 52.5 cm³/mol. The highest BCUT2D eigenvalue weighted by Crippen LogP contribution is 2.22. The van der Waals surface area contributed by atoms with Gasteiger partial charge in [0.25, 0.3) is 5.69 Å². The summed E-state index contributed by atoms with van der Waals surface area (Å²) in [6, 6.07) is 3.30. The zero-order valence-corrected chi connectivity index (χ0v) is 8.20. The van der Waals surface area contributed by atoms with Gasteiger partial charge in [-0.3, -0.25) is 10.1 Å². The van der Waals surface area contributed by atoms with Crippen LogP contribution in [0.3, 0.4) is 0 Å². The van der Waals surface area contributed by atoms with Gasteiger partial charge in [-0.05, 0) is 13.1 Å². The number of nitro groups is 1. The second-order valence-corrected chi connectivity index (χ2v) is 2.82. The highest BCUT2D eigenvalue weighted by atomic mass is 19.1. The Bertz CT molecular complexity index is 357. The Morgan fingerprint density at radius 3 is 2.87 bits per heavy atom. The van der Waals surface area contributed by atoms with Gasteiger partial charge in [-0.15, -0.1) is 0 Å². The molecule has 0 aliphatic rings. The van der Waals surface area contributed by atoms with Crippen LogP contribution in [0.1, 0.15) is 0 Å². The predicted octanol–water partition coefficient (Wildman–Crippen LogP) is 1.33. The first-order chi connectivity index (χ1) is 7.15. The van der Waals surface area contributed by atoms with E-state index < -0.39 is 10.7 Å². The number of nitrogens with one attached hydrogen (secondary N) is 1. The molecule has 82 valence electrons. The number of likely N-dealkylation sites (N-methyl/N-ethyl adjacent to an activating group) is 1. The van der Waals surface area contributed by atoms with E-state index in [1.165, 1.54) is 12.1 Å². The number of halogens is 1. The van der Waals surface area contributed by atoms with Gasteiger partial charge in [-0.1, -0.05) is 0 Å². The normalized spacial score (nSPS) is 10.0. The summed E-state index contributed by atoms with van der Waals surface area (Å²) in [7, 11) is 1.75. The molecule has 0 saturated carbocycles. The fourth-order valence-electron chi connectivity index (χ4n) is 0.983. The van der Waals surface area contributed by atoms with Gasteiger partial charge >= 0.3 is 0 Å². The van der Waals surface area contributed by atoms with Crippen molar-refractivity contribution in [3.05, 3.63) is 34.1 Å². The quantitative estimate of drug-likeness (QED) is 0.456. The number of nitro benzene ring substituents is 1. The van der Waals surface area contributed by atoms with Crippen molar-refractivity contribution in [1.29, 1.82) is 0 Å². The van der Waals surface area contributed by atoms with Crippen LogP contribution in [0, 0.1) is 15.9 Å². The monoisotopic (exact) mass is 214 g/mol. The number of hydrogen-bond acceptors (Lipinski definition) is 4. The van der Waals surface area contributed by atoms with E-state index in [1.807, 2.05) is 0 Å². The molecule has 0 fully saturated rings. The molecule has 0 amide bonds.